The number of carbonyl (C=O) groups is 1. The van der Waals surface area contributed by atoms with Crippen LogP contribution in [0.1, 0.15) is 24.8 Å². The standard InChI is InChI=1S/C24H24FN3O3/c25-19-5-7-21(18-4-8-22(29)27-23(18)19)31-15-24(30)9-12-28(13-10-24)17-3-6-20-16(14-17)2-1-11-26-20/h1-3,5-7,11,14,30H,4,8-10,12-13,15H2,(H,27,29). The number of rotatable bonds is 4. The van der Waals surface area contributed by atoms with E-state index in [1.165, 1.54) is 6.07 Å². The van der Waals surface area contributed by atoms with Crippen molar-refractivity contribution in [1.82, 2.24) is 4.98 Å². The second-order valence-corrected chi connectivity index (χ2v) is 8.33. The van der Waals surface area contributed by atoms with Gasteiger partial charge in [0, 0.05) is 42.3 Å². The lowest BCUT2D eigenvalue weighted by molar-refractivity contribution is -0.116. The van der Waals surface area contributed by atoms with Gasteiger partial charge in [0.15, 0.2) is 0 Å². The first kappa shape index (κ1) is 19.8. The summed E-state index contributed by atoms with van der Waals surface area (Å²) < 4.78 is 20.0. The smallest absolute Gasteiger partial charge is 0.224 e. The Bertz CT molecular complexity index is 1140. The van der Waals surface area contributed by atoms with Crippen molar-refractivity contribution < 1.29 is 19.0 Å². The highest BCUT2D eigenvalue weighted by Gasteiger charge is 2.34. The van der Waals surface area contributed by atoms with E-state index in [4.69, 9.17) is 4.74 Å². The van der Waals surface area contributed by atoms with Crippen molar-refractivity contribution in [3.63, 3.8) is 0 Å². The maximum absolute atomic E-state index is 14.1. The third-order valence-electron chi connectivity index (χ3n) is 6.23. The number of anilines is 2. The van der Waals surface area contributed by atoms with Crippen LogP contribution in [-0.4, -0.2) is 41.3 Å². The van der Waals surface area contributed by atoms with Crippen molar-refractivity contribution in [2.24, 2.45) is 0 Å². The topological polar surface area (TPSA) is 74.7 Å². The third kappa shape index (κ3) is 3.93. The number of carbonyl (C=O) groups excluding carboxylic acids is 1. The zero-order valence-corrected chi connectivity index (χ0v) is 17.1. The molecule has 31 heavy (non-hydrogen) atoms. The lowest BCUT2D eigenvalue weighted by atomic mass is 9.92. The molecular formula is C24H24FN3O3. The van der Waals surface area contributed by atoms with Crippen LogP contribution in [0.3, 0.4) is 0 Å². The van der Waals surface area contributed by atoms with Crippen LogP contribution in [0.25, 0.3) is 10.9 Å². The predicted octanol–water partition coefficient (Wildman–Crippen LogP) is 3.67. The van der Waals surface area contributed by atoms with Crippen LogP contribution in [-0.2, 0) is 11.2 Å². The molecule has 0 atom stereocenters. The molecule has 0 saturated carbocycles. The summed E-state index contributed by atoms with van der Waals surface area (Å²) in [6.07, 6.45) is 3.65. The minimum atomic E-state index is -0.950. The third-order valence-corrected chi connectivity index (χ3v) is 6.23. The van der Waals surface area contributed by atoms with E-state index in [-0.39, 0.29) is 18.2 Å². The number of halogens is 1. The summed E-state index contributed by atoms with van der Waals surface area (Å²) in [5.41, 5.74) is 1.99. The SMILES string of the molecule is O=C1CCc2c(OCC3(O)CCN(c4ccc5ncccc5c4)CC3)ccc(F)c2N1. The highest BCUT2D eigenvalue weighted by molar-refractivity contribution is 5.94. The van der Waals surface area contributed by atoms with Crippen molar-refractivity contribution in [3.05, 3.63) is 60.0 Å². The summed E-state index contributed by atoms with van der Waals surface area (Å²) in [6, 6.07) is 13.1. The minimum Gasteiger partial charge on any atom is -0.490 e. The first-order chi connectivity index (χ1) is 15.0. The number of ether oxygens (including phenoxy) is 1. The average Bonchev–Trinajstić information content (AvgIpc) is 2.79. The Morgan fingerprint density at radius 1 is 1.16 bits per heavy atom. The molecule has 2 aromatic carbocycles. The van der Waals surface area contributed by atoms with Crippen LogP contribution in [0.4, 0.5) is 15.8 Å². The van der Waals surface area contributed by atoms with Gasteiger partial charge in [0.1, 0.15) is 23.8 Å². The number of nitrogens with zero attached hydrogens (tertiary/aromatic N) is 2. The summed E-state index contributed by atoms with van der Waals surface area (Å²) in [4.78, 5) is 18.2. The Morgan fingerprint density at radius 3 is 2.84 bits per heavy atom. The summed E-state index contributed by atoms with van der Waals surface area (Å²) in [7, 11) is 0. The van der Waals surface area contributed by atoms with E-state index in [1.807, 2.05) is 18.2 Å². The first-order valence-corrected chi connectivity index (χ1v) is 10.6. The summed E-state index contributed by atoms with van der Waals surface area (Å²) in [5, 5.41) is 14.7. The van der Waals surface area contributed by atoms with Crippen LogP contribution in [0, 0.1) is 5.82 Å². The zero-order valence-electron chi connectivity index (χ0n) is 17.1. The Labute approximate surface area is 179 Å². The molecule has 1 amide bonds. The molecule has 2 aliphatic rings. The van der Waals surface area contributed by atoms with Gasteiger partial charge in [-0.3, -0.25) is 9.78 Å². The molecule has 2 N–H and O–H groups in total. The molecule has 1 saturated heterocycles. The number of aliphatic hydroxyl groups is 1. The molecule has 0 radical (unpaired) electrons. The van der Waals surface area contributed by atoms with E-state index in [0.29, 0.717) is 50.1 Å². The molecule has 3 heterocycles. The van der Waals surface area contributed by atoms with Gasteiger partial charge in [0.2, 0.25) is 5.91 Å². The monoisotopic (exact) mass is 421 g/mol. The summed E-state index contributed by atoms with van der Waals surface area (Å²) in [5.74, 6) is -0.138. The average molecular weight is 421 g/mol. The predicted molar refractivity (Wildman–Crippen MR) is 117 cm³/mol. The van der Waals surface area contributed by atoms with Crippen LogP contribution >= 0.6 is 0 Å². The summed E-state index contributed by atoms with van der Waals surface area (Å²) >= 11 is 0. The molecular weight excluding hydrogens is 397 g/mol. The number of hydrogen-bond donors (Lipinski definition) is 2. The lowest BCUT2D eigenvalue weighted by Gasteiger charge is -2.39. The van der Waals surface area contributed by atoms with Crippen molar-refractivity contribution >= 4 is 28.2 Å². The Morgan fingerprint density at radius 2 is 2.00 bits per heavy atom. The van der Waals surface area contributed by atoms with Crippen LogP contribution < -0.4 is 15.0 Å². The number of piperidine rings is 1. The molecule has 2 aliphatic heterocycles. The molecule has 7 heteroatoms. The number of aromatic nitrogens is 1. The molecule has 160 valence electrons. The largest absolute Gasteiger partial charge is 0.490 e. The molecule has 0 aliphatic carbocycles. The molecule has 1 fully saturated rings. The van der Waals surface area contributed by atoms with E-state index < -0.39 is 11.4 Å². The number of amides is 1. The van der Waals surface area contributed by atoms with Crippen LogP contribution in [0.15, 0.2) is 48.7 Å². The zero-order chi connectivity index (χ0) is 21.4. The van der Waals surface area contributed by atoms with Gasteiger partial charge in [-0.05, 0) is 55.7 Å². The van der Waals surface area contributed by atoms with Crippen LogP contribution in [0.2, 0.25) is 0 Å². The van der Waals surface area contributed by atoms with E-state index in [2.05, 4.69) is 27.3 Å². The highest BCUT2D eigenvalue weighted by atomic mass is 19.1. The fraction of sp³-hybridized carbons (Fsp3) is 0.333. The van der Waals surface area contributed by atoms with Gasteiger partial charge in [-0.25, -0.2) is 4.39 Å². The molecule has 3 aromatic rings. The fourth-order valence-electron chi connectivity index (χ4n) is 4.36. The normalized spacial score (nSPS) is 17.9. The Kier molecular flexibility index (Phi) is 4.98. The maximum Gasteiger partial charge on any atom is 0.224 e. The quantitative estimate of drug-likeness (QED) is 0.672. The number of fused-ring (bicyclic) bond motifs is 2. The van der Waals surface area contributed by atoms with E-state index in [0.717, 1.165) is 16.6 Å². The fourth-order valence-corrected chi connectivity index (χ4v) is 4.36. The Hall–Kier alpha value is -3.19. The number of hydrogen-bond acceptors (Lipinski definition) is 5. The highest BCUT2D eigenvalue weighted by Crippen LogP contribution is 2.35. The van der Waals surface area contributed by atoms with Gasteiger partial charge >= 0.3 is 0 Å². The number of nitrogens with one attached hydrogen (secondary N) is 1. The van der Waals surface area contributed by atoms with Gasteiger partial charge in [-0.2, -0.15) is 0 Å². The van der Waals surface area contributed by atoms with E-state index >= 15 is 0 Å². The second-order valence-electron chi connectivity index (χ2n) is 8.33. The van der Waals surface area contributed by atoms with Gasteiger partial charge in [-0.15, -0.1) is 0 Å². The molecule has 5 rings (SSSR count). The minimum absolute atomic E-state index is 0.133. The molecule has 0 bridgehead atoms. The van der Waals surface area contributed by atoms with Crippen molar-refractivity contribution in [2.45, 2.75) is 31.3 Å². The molecule has 1 aromatic heterocycles. The Balaban J connectivity index is 1.25. The maximum atomic E-state index is 14.1. The molecule has 0 spiro atoms. The lowest BCUT2D eigenvalue weighted by Crippen LogP contribution is -2.48. The molecule has 6 nitrogen and oxygen atoms in total. The first-order valence-electron chi connectivity index (χ1n) is 10.6. The van der Waals surface area contributed by atoms with Gasteiger partial charge in [0.05, 0.1) is 11.2 Å². The van der Waals surface area contributed by atoms with Crippen molar-refractivity contribution in [2.75, 3.05) is 29.9 Å². The van der Waals surface area contributed by atoms with Gasteiger partial charge in [0.25, 0.3) is 0 Å². The van der Waals surface area contributed by atoms with Crippen molar-refractivity contribution in [1.29, 1.82) is 0 Å². The number of pyridine rings is 1. The van der Waals surface area contributed by atoms with E-state index in [1.54, 1.807) is 12.3 Å². The van der Waals surface area contributed by atoms with E-state index in [9.17, 15) is 14.3 Å². The van der Waals surface area contributed by atoms with Crippen LogP contribution in [0.5, 0.6) is 5.75 Å². The van der Waals surface area contributed by atoms with Crippen molar-refractivity contribution in [3.8, 4) is 5.75 Å². The summed E-state index contributed by atoms with van der Waals surface area (Å²) in [6.45, 7) is 1.56. The number of benzene rings is 2. The molecule has 0 unspecified atom stereocenters. The second kappa shape index (κ2) is 7.81. The van der Waals surface area contributed by atoms with Gasteiger partial charge < -0.3 is 20.1 Å². The van der Waals surface area contributed by atoms with Gasteiger partial charge in [-0.1, -0.05) is 6.07 Å².